The minimum absolute atomic E-state index is 0.0694. The summed E-state index contributed by atoms with van der Waals surface area (Å²) < 4.78 is 33.5. The smallest absolute Gasteiger partial charge is 0.243 e. The monoisotopic (exact) mass is 439 g/mol. The van der Waals surface area contributed by atoms with E-state index in [1.807, 2.05) is 31.2 Å². The van der Waals surface area contributed by atoms with Gasteiger partial charge in [-0.1, -0.05) is 17.7 Å². The Labute approximate surface area is 182 Å². The maximum absolute atomic E-state index is 13.4. The second-order valence-electron chi connectivity index (χ2n) is 7.70. The predicted molar refractivity (Wildman–Crippen MR) is 120 cm³/mol. The molecule has 1 amide bonds. The molecule has 4 rings (SSSR count). The molecule has 1 aromatic heterocycles. The molecule has 1 aliphatic heterocycles. The number of sulfonamides is 1. The molecule has 2 heterocycles. The number of nitrogens with zero attached hydrogens (tertiary/aromatic N) is 2. The van der Waals surface area contributed by atoms with E-state index < -0.39 is 10.0 Å². The van der Waals surface area contributed by atoms with Crippen LogP contribution in [0.15, 0.2) is 59.6 Å². The number of ether oxygens (including phenoxy) is 1. The van der Waals surface area contributed by atoms with Gasteiger partial charge in [-0.3, -0.25) is 9.78 Å². The van der Waals surface area contributed by atoms with Crippen LogP contribution in [-0.2, 0) is 14.8 Å². The number of rotatable bonds is 5. The Morgan fingerprint density at radius 3 is 2.48 bits per heavy atom. The highest BCUT2D eigenvalue weighted by Gasteiger charge is 2.33. The van der Waals surface area contributed by atoms with Gasteiger partial charge in [0.2, 0.25) is 15.9 Å². The van der Waals surface area contributed by atoms with Crippen molar-refractivity contribution >= 4 is 32.5 Å². The third-order valence-electron chi connectivity index (χ3n) is 5.67. The number of carbonyl (C=O) groups is 1. The zero-order valence-electron chi connectivity index (χ0n) is 17.5. The molecule has 2 aromatic carbocycles. The van der Waals surface area contributed by atoms with Gasteiger partial charge < -0.3 is 10.1 Å². The van der Waals surface area contributed by atoms with Crippen molar-refractivity contribution in [3.05, 3.63) is 60.3 Å². The topological polar surface area (TPSA) is 88.6 Å². The van der Waals surface area contributed by atoms with Crippen LogP contribution in [0.1, 0.15) is 18.4 Å². The van der Waals surface area contributed by atoms with Crippen molar-refractivity contribution in [1.82, 2.24) is 9.29 Å². The van der Waals surface area contributed by atoms with Crippen LogP contribution >= 0.6 is 0 Å². The molecule has 0 radical (unpaired) electrons. The van der Waals surface area contributed by atoms with Gasteiger partial charge in [-0.2, -0.15) is 4.31 Å². The van der Waals surface area contributed by atoms with Crippen LogP contribution in [0.25, 0.3) is 10.9 Å². The van der Waals surface area contributed by atoms with Crippen molar-refractivity contribution in [1.29, 1.82) is 0 Å². The molecule has 1 N–H and O–H groups in total. The number of pyridine rings is 1. The number of aryl methyl sites for hydroxylation is 1. The molecule has 0 aliphatic carbocycles. The third kappa shape index (κ3) is 4.26. The second-order valence-corrected chi connectivity index (χ2v) is 9.61. The standard InChI is InChI=1S/C23H25N3O4S/c1-16-5-7-18(8-6-16)25-23(27)17-11-14-26(15-12-17)31(28,29)21-10-9-20(30-2)22-19(21)4-3-13-24-22/h3-10,13,17H,11-12,14-15H2,1-2H3,(H,25,27). The minimum Gasteiger partial charge on any atom is -0.494 e. The maximum Gasteiger partial charge on any atom is 0.243 e. The van der Waals surface area contributed by atoms with Gasteiger partial charge in [0.1, 0.15) is 11.3 Å². The molecule has 31 heavy (non-hydrogen) atoms. The fraction of sp³-hybridized carbons (Fsp3) is 0.304. The van der Waals surface area contributed by atoms with E-state index in [2.05, 4.69) is 10.3 Å². The van der Waals surface area contributed by atoms with E-state index >= 15 is 0 Å². The van der Waals surface area contributed by atoms with Crippen molar-refractivity contribution in [2.45, 2.75) is 24.7 Å². The molecule has 0 bridgehead atoms. The Kier molecular flexibility index (Phi) is 5.93. The van der Waals surface area contributed by atoms with Gasteiger partial charge >= 0.3 is 0 Å². The average molecular weight is 440 g/mol. The fourth-order valence-corrected chi connectivity index (χ4v) is 5.54. The molecule has 1 saturated heterocycles. The lowest BCUT2D eigenvalue weighted by Gasteiger charge is -2.31. The highest BCUT2D eigenvalue weighted by molar-refractivity contribution is 7.89. The zero-order chi connectivity index (χ0) is 22.0. The van der Waals surface area contributed by atoms with Gasteiger partial charge in [0.25, 0.3) is 0 Å². The molecule has 162 valence electrons. The quantitative estimate of drug-likeness (QED) is 0.656. The summed E-state index contributed by atoms with van der Waals surface area (Å²) in [5.74, 6) is 0.239. The molecular formula is C23H25N3O4S. The first kappa shape index (κ1) is 21.3. The Morgan fingerprint density at radius 2 is 1.81 bits per heavy atom. The molecule has 3 aromatic rings. The number of nitrogens with one attached hydrogen (secondary N) is 1. The Morgan fingerprint density at radius 1 is 1.10 bits per heavy atom. The summed E-state index contributed by atoms with van der Waals surface area (Å²) in [5, 5.41) is 3.46. The van der Waals surface area contributed by atoms with E-state index in [-0.39, 0.29) is 16.7 Å². The number of methoxy groups -OCH3 is 1. The van der Waals surface area contributed by atoms with Gasteiger partial charge in [-0.25, -0.2) is 8.42 Å². The van der Waals surface area contributed by atoms with E-state index in [4.69, 9.17) is 4.74 Å². The van der Waals surface area contributed by atoms with E-state index in [0.29, 0.717) is 42.6 Å². The first-order valence-corrected chi connectivity index (χ1v) is 11.6. The largest absolute Gasteiger partial charge is 0.494 e. The van der Waals surface area contributed by atoms with E-state index in [1.165, 1.54) is 11.4 Å². The molecule has 8 heteroatoms. The molecule has 1 aliphatic rings. The van der Waals surface area contributed by atoms with Crippen LogP contribution in [0, 0.1) is 12.8 Å². The van der Waals surface area contributed by atoms with Crippen LogP contribution in [0.2, 0.25) is 0 Å². The summed E-state index contributed by atoms with van der Waals surface area (Å²) in [5.41, 5.74) is 2.39. The second kappa shape index (κ2) is 8.64. The van der Waals surface area contributed by atoms with E-state index in [9.17, 15) is 13.2 Å². The SMILES string of the molecule is COc1ccc(S(=O)(=O)N2CCC(C(=O)Nc3ccc(C)cc3)CC2)c2cccnc12. The Hall–Kier alpha value is -2.97. The Balaban J connectivity index is 1.49. The average Bonchev–Trinajstić information content (AvgIpc) is 2.79. The number of hydrogen-bond acceptors (Lipinski definition) is 5. The summed E-state index contributed by atoms with van der Waals surface area (Å²) in [6, 6.07) is 14.3. The number of carbonyl (C=O) groups excluding carboxylic acids is 1. The van der Waals surface area contributed by atoms with Crippen molar-refractivity contribution in [3.8, 4) is 5.75 Å². The summed E-state index contributed by atoms with van der Waals surface area (Å²) >= 11 is 0. The molecule has 0 atom stereocenters. The van der Waals surface area contributed by atoms with Crippen molar-refractivity contribution in [3.63, 3.8) is 0 Å². The van der Waals surface area contributed by atoms with E-state index in [0.717, 1.165) is 11.3 Å². The van der Waals surface area contributed by atoms with Crippen LogP contribution in [0.5, 0.6) is 5.75 Å². The number of amides is 1. The zero-order valence-corrected chi connectivity index (χ0v) is 18.4. The number of benzene rings is 2. The van der Waals surface area contributed by atoms with Gasteiger partial charge in [0.05, 0.1) is 12.0 Å². The lowest BCUT2D eigenvalue weighted by atomic mass is 9.97. The lowest BCUT2D eigenvalue weighted by Crippen LogP contribution is -2.41. The highest BCUT2D eigenvalue weighted by Crippen LogP contribution is 2.32. The minimum atomic E-state index is -3.72. The summed E-state index contributed by atoms with van der Waals surface area (Å²) in [4.78, 5) is 17.1. The first-order valence-electron chi connectivity index (χ1n) is 10.2. The number of fused-ring (bicyclic) bond motifs is 1. The Bertz CT molecular complexity index is 1200. The van der Waals surface area contributed by atoms with Crippen molar-refractivity contribution in [2.75, 3.05) is 25.5 Å². The molecule has 0 unspecified atom stereocenters. The van der Waals surface area contributed by atoms with Gasteiger partial charge in [-0.15, -0.1) is 0 Å². The molecule has 0 spiro atoms. The van der Waals surface area contributed by atoms with Gasteiger partial charge in [0, 0.05) is 36.3 Å². The first-order chi connectivity index (χ1) is 14.9. The number of aromatic nitrogens is 1. The molecule has 1 fully saturated rings. The summed E-state index contributed by atoms with van der Waals surface area (Å²) in [7, 11) is -2.19. The fourth-order valence-electron chi connectivity index (χ4n) is 3.89. The van der Waals surface area contributed by atoms with Crippen LogP contribution in [0.4, 0.5) is 5.69 Å². The van der Waals surface area contributed by atoms with E-state index in [1.54, 1.807) is 30.5 Å². The van der Waals surface area contributed by atoms with Gasteiger partial charge in [-0.05, 0) is 56.2 Å². The molecule has 7 nitrogen and oxygen atoms in total. The number of anilines is 1. The third-order valence-corrected chi connectivity index (χ3v) is 7.63. The van der Waals surface area contributed by atoms with Crippen LogP contribution in [0.3, 0.4) is 0 Å². The van der Waals surface area contributed by atoms with Crippen LogP contribution in [-0.4, -0.2) is 43.8 Å². The summed E-state index contributed by atoms with van der Waals surface area (Å²) in [6.45, 7) is 2.58. The summed E-state index contributed by atoms with van der Waals surface area (Å²) in [6.07, 6.45) is 2.56. The maximum atomic E-state index is 13.4. The normalized spacial score (nSPS) is 15.7. The van der Waals surface area contributed by atoms with Crippen LogP contribution < -0.4 is 10.1 Å². The lowest BCUT2D eigenvalue weighted by molar-refractivity contribution is -0.120. The van der Waals surface area contributed by atoms with Crippen molar-refractivity contribution in [2.24, 2.45) is 5.92 Å². The van der Waals surface area contributed by atoms with Crippen molar-refractivity contribution < 1.29 is 17.9 Å². The molecule has 0 saturated carbocycles. The predicted octanol–water partition coefficient (Wildman–Crippen LogP) is 3.59. The number of piperidine rings is 1. The van der Waals surface area contributed by atoms with Gasteiger partial charge in [0.15, 0.2) is 0 Å². The molecular weight excluding hydrogens is 414 g/mol. The highest BCUT2D eigenvalue weighted by atomic mass is 32.2. The number of hydrogen-bond donors (Lipinski definition) is 1.